The van der Waals surface area contributed by atoms with E-state index in [2.05, 4.69) is 19.2 Å². The SMILES string of the molecule is COCC1(CNC(=O)[C@H](N)CC(C)C)CCC1.Cl. The summed E-state index contributed by atoms with van der Waals surface area (Å²) in [7, 11) is 1.71. The molecule has 0 saturated heterocycles. The van der Waals surface area contributed by atoms with Gasteiger partial charge < -0.3 is 15.8 Å². The molecule has 1 aliphatic rings. The molecule has 0 aromatic heterocycles. The predicted octanol–water partition coefficient (Wildman–Crippen LogP) is 1.71. The number of nitrogens with one attached hydrogen (secondary N) is 1. The quantitative estimate of drug-likeness (QED) is 0.745. The van der Waals surface area contributed by atoms with Gasteiger partial charge in [0.15, 0.2) is 0 Å². The zero-order valence-electron chi connectivity index (χ0n) is 11.7. The Labute approximate surface area is 116 Å². The second kappa shape index (κ2) is 7.97. The summed E-state index contributed by atoms with van der Waals surface area (Å²) in [5.74, 6) is 0.425. The monoisotopic (exact) mass is 278 g/mol. The Morgan fingerprint density at radius 1 is 1.44 bits per heavy atom. The van der Waals surface area contributed by atoms with Gasteiger partial charge >= 0.3 is 0 Å². The highest BCUT2D eigenvalue weighted by atomic mass is 35.5. The van der Waals surface area contributed by atoms with E-state index in [1.165, 1.54) is 6.42 Å². The maximum absolute atomic E-state index is 11.8. The lowest BCUT2D eigenvalue weighted by molar-refractivity contribution is -0.124. The van der Waals surface area contributed by atoms with E-state index < -0.39 is 0 Å². The summed E-state index contributed by atoms with van der Waals surface area (Å²) in [6.45, 7) is 5.58. The number of rotatable bonds is 7. The van der Waals surface area contributed by atoms with Crippen molar-refractivity contribution < 1.29 is 9.53 Å². The van der Waals surface area contributed by atoms with Crippen LogP contribution in [0.2, 0.25) is 0 Å². The summed E-state index contributed by atoms with van der Waals surface area (Å²) in [5.41, 5.74) is 6.01. The molecule has 1 fully saturated rings. The average molecular weight is 279 g/mol. The van der Waals surface area contributed by atoms with Gasteiger partial charge in [0.05, 0.1) is 12.6 Å². The number of amides is 1. The summed E-state index contributed by atoms with van der Waals surface area (Å²) < 4.78 is 5.22. The third kappa shape index (κ3) is 5.12. The molecule has 1 saturated carbocycles. The van der Waals surface area contributed by atoms with E-state index in [-0.39, 0.29) is 29.8 Å². The molecule has 1 atom stereocenters. The van der Waals surface area contributed by atoms with E-state index in [0.717, 1.165) is 25.9 Å². The van der Waals surface area contributed by atoms with E-state index in [9.17, 15) is 4.79 Å². The summed E-state index contributed by atoms with van der Waals surface area (Å²) in [5, 5.41) is 2.97. The van der Waals surface area contributed by atoms with Gasteiger partial charge in [-0.2, -0.15) is 0 Å². The molecule has 0 aromatic carbocycles. The maximum Gasteiger partial charge on any atom is 0.236 e. The van der Waals surface area contributed by atoms with E-state index in [4.69, 9.17) is 10.5 Å². The van der Waals surface area contributed by atoms with Crippen molar-refractivity contribution in [1.82, 2.24) is 5.32 Å². The Hall–Kier alpha value is -0.320. The zero-order valence-corrected chi connectivity index (χ0v) is 12.5. The average Bonchev–Trinajstić information content (AvgIpc) is 2.20. The largest absolute Gasteiger partial charge is 0.384 e. The van der Waals surface area contributed by atoms with Gasteiger partial charge in [0.1, 0.15) is 0 Å². The van der Waals surface area contributed by atoms with E-state index in [1.54, 1.807) is 7.11 Å². The molecule has 1 rings (SSSR count). The van der Waals surface area contributed by atoms with Crippen LogP contribution in [0.25, 0.3) is 0 Å². The smallest absolute Gasteiger partial charge is 0.236 e. The maximum atomic E-state index is 11.8. The highest BCUT2D eigenvalue weighted by Gasteiger charge is 2.37. The molecule has 0 aliphatic heterocycles. The lowest BCUT2D eigenvalue weighted by Gasteiger charge is -2.41. The van der Waals surface area contributed by atoms with Crippen molar-refractivity contribution in [1.29, 1.82) is 0 Å². The first kappa shape index (κ1) is 17.7. The Balaban J connectivity index is 0.00000289. The summed E-state index contributed by atoms with van der Waals surface area (Å²) >= 11 is 0. The molecule has 0 aromatic rings. The molecule has 1 aliphatic carbocycles. The Kier molecular flexibility index (Phi) is 7.83. The molecule has 0 unspecified atom stereocenters. The third-order valence-electron chi connectivity index (χ3n) is 3.56. The zero-order chi connectivity index (χ0) is 12.9. The number of carbonyl (C=O) groups is 1. The van der Waals surface area contributed by atoms with E-state index >= 15 is 0 Å². The Morgan fingerprint density at radius 2 is 2.06 bits per heavy atom. The molecular formula is C13H27ClN2O2. The first-order valence-corrected chi connectivity index (χ1v) is 6.51. The summed E-state index contributed by atoms with van der Waals surface area (Å²) in [6.07, 6.45) is 4.25. The van der Waals surface area contributed by atoms with Crippen LogP contribution in [0.3, 0.4) is 0 Å². The minimum absolute atomic E-state index is 0. The van der Waals surface area contributed by atoms with Gasteiger partial charge in [-0.25, -0.2) is 0 Å². The first-order valence-electron chi connectivity index (χ1n) is 6.51. The lowest BCUT2D eigenvalue weighted by Crippen LogP contribution is -2.49. The number of hydrogen-bond donors (Lipinski definition) is 2. The molecule has 18 heavy (non-hydrogen) atoms. The molecular weight excluding hydrogens is 252 g/mol. The minimum atomic E-state index is -0.380. The topological polar surface area (TPSA) is 64.3 Å². The molecule has 0 radical (unpaired) electrons. The van der Waals surface area contributed by atoms with Crippen LogP contribution >= 0.6 is 12.4 Å². The molecule has 0 spiro atoms. The number of nitrogens with two attached hydrogens (primary N) is 1. The predicted molar refractivity (Wildman–Crippen MR) is 75.8 cm³/mol. The van der Waals surface area contributed by atoms with Crippen LogP contribution < -0.4 is 11.1 Å². The highest BCUT2D eigenvalue weighted by molar-refractivity contribution is 5.85. The first-order chi connectivity index (χ1) is 7.99. The van der Waals surface area contributed by atoms with Crippen LogP contribution in [-0.4, -0.2) is 32.2 Å². The molecule has 108 valence electrons. The fourth-order valence-corrected chi connectivity index (χ4v) is 2.38. The van der Waals surface area contributed by atoms with Crippen LogP contribution in [0.1, 0.15) is 39.5 Å². The van der Waals surface area contributed by atoms with Gasteiger partial charge in [0.25, 0.3) is 0 Å². The Morgan fingerprint density at radius 3 is 2.44 bits per heavy atom. The second-order valence-corrected chi connectivity index (χ2v) is 5.74. The highest BCUT2D eigenvalue weighted by Crippen LogP contribution is 2.40. The van der Waals surface area contributed by atoms with E-state index in [1.807, 2.05) is 0 Å². The van der Waals surface area contributed by atoms with Gasteiger partial charge in [-0.05, 0) is 25.2 Å². The number of methoxy groups -OCH3 is 1. The summed E-state index contributed by atoms with van der Waals surface area (Å²) in [4.78, 5) is 11.8. The Bertz CT molecular complexity index is 255. The number of hydrogen-bond acceptors (Lipinski definition) is 3. The van der Waals surface area contributed by atoms with Crippen LogP contribution in [0.5, 0.6) is 0 Å². The van der Waals surface area contributed by atoms with Gasteiger partial charge in [-0.15, -0.1) is 12.4 Å². The number of ether oxygens (including phenoxy) is 1. The molecule has 0 heterocycles. The normalized spacial score (nSPS) is 18.7. The molecule has 4 nitrogen and oxygen atoms in total. The minimum Gasteiger partial charge on any atom is -0.384 e. The number of halogens is 1. The molecule has 5 heteroatoms. The second-order valence-electron chi connectivity index (χ2n) is 5.74. The van der Waals surface area contributed by atoms with Crippen LogP contribution in [0.4, 0.5) is 0 Å². The molecule has 1 amide bonds. The van der Waals surface area contributed by atoms with Gasteiger partial charge in [-0.3, -0.25) is 4.79 Å². The van der Waals surface area contributed by atoms with Crippen molar-refractivity contribution in [2.75, 3.05) is 20.3 Å². The van der Waals surface area contributed by atoms with Crippen LogP contribution in [0.15, 0.2) is 0 Å². The van der Waals surface area contributed by atoms with Crippen molar-refractivity contribution in [3.63, 3.8) is 0 Å². The molecule has 3 N–H and O–H groups in total. The van der Waals surface area contributed by atoms with Crippen molar-refractivity contribution in [2.24, 2.45) is 17.1 Å². The molecule has 0 bridgehead atoms. The fourth-order valence-electron chi connectivity index (χ4n) is 2.38. The fraction of sp³-hybridized carbons (Fsp3) is 0.923. The van der Waals surface area contributed by atoms with Crippen molar-refractivity contribution in [3.05, 3.63) is 0 Å². The number of carbonyl (C=O) groups excluding carboxylic acids is 1. The summed E-state index contributed by atoms with van der Waals surface area (Å²) in [6, 6.07) is -0.380. The lowest BCUT2D eigenvalue weighted by atomic mass is 9.69. The van der Waals surface area contributed by atoms with Crippen LogP contribution in [0, 0.1) is 11.3 Å². The van der Waals surface area contributed by atoms with Gasteiger partial charge in [0.2, 0.25) is 5.91 Å². The van der Waals surface area contributed by atoms with Gasteiger partial charge in [0, 0.05) is 19.1 Å². The van der Waals surface area contributed by atoms with E-state index in [0.29, 0.717) is 12.5 Å². The van der Waals surface area contributed by atoms with Crippen LogP contribution in [-0.2, 0) is 9.53 Å². The standard InChI is InChI=1S/C13H26N2O2.ClH/c1-10(2)7-11(14)12(16)15-8-13(9-17-3)5-4-6-13;/h10-11H,4-9,14H2,1-3H3,(H,15,16);1H/t11-;/m1./s1. The van der Waals surface area contributed by atoms with Crippen molar-refractivity contribution >= 4 is 18.3 Å². The third-order valence-corrected chi connectivity index (χ3v) is 3.56. The van der Waals surface area contributed by atoms with Crippen molar-refractivity contribution in [3.8, 4) is 0 Å². The van der Waals surface area contributed by atoms with Gasteiger partial charge in [-0.1, -0.05) is 20.3 Å². The van der Waals surface area contributed by atoms with Crippen molar-refractivity contribution in [2.45, 2.75) is 45.6 Å².